The van der Waals surface area contributed by atoms with Crippen molar-refractivity contribution in [2.24, 2.45) is 0 Å². The smallest absolute Gasteiger partial charge is 0.323 e. The highest BCUT2D eigenvalue weighted by molar-refractivity contribution is 6.30. The highest BCUT2D eigenvalue weighted by Crippen LogP contribution is 2.24. The van der Waals surface area contributed by atoms with E-state index in [1.165, 1.54) is 25.1 Å². The molecule has 7 heteroatoms. The summed E-state index contributed by atoms with van der Waals surface area (Å²) in [5, 5.41) is 23.1. The average Bonchev–Trinajstić information content (AvgIpc) is 2.36. The van der Waals surface area contributed by atoms with E-state index in [9.17, 15) is 14.9 Å². The van der Waals surface area contributed by atoms with Gasteiger partial charge in [0.1, 0.15) is 5.54 Å². The number of nitro groups is 1. The number of carbonyl (C=O) groups is 1. The summed E-state index contributed by atoms with van der Waals surface area (Å²) in [4.78, 5) is 21.5. The predicted octanol–water partition coefficient (Wildman–Crippen LogP) is 2.59. The summed E-state index contributed by atoms with van der Waals surface area (Å²) in [7, 11) is 0. The molecule has 0 heterocycles. The lowest BCUT2D eigenvalue weighted by Gasteiger charge is -2.24. The lowest BCUT2D eigenvalue weighted by atomic mass is 9.98. The van der Waals surface area contributed by atoms with Crippen LogP contribution in [-0.4, -0.2) is 21.5 Å². The fraction of sp³-hybridized carbons (Fsp3) is 0.417. The molecule has 0 aromatic heterocycles. The number of carboxylic acid groups (broad SMARTS) is 1. The van der Waals surface area contributed by atoms with Gasteiger partial charge in [-0.2, -0.15) is 0 Å². The molecule has 1 unspecified atom stereocenters. The van der Waals surface area contributed by atoms with Crippen LogP contribution in [0.2, 0.25) is 5.02 Å². The van der Waals surface area contributed by atoms with Crippen molar-refractivity contribution >= 4 is 23.3 Å². The summed E-state index contributed by atoms with van der Waals surface area (Å²) >= 11 is 5.71. The first-order chi connectivity index (χ1) is 8.80. The van der Waals surface area contributed by atoms with Gasteiger partial charge in [0.15, 0.2) is 0 Å². The fourth-order valence-electron chi connectivity index (χ4n) is 1.50. The van der Waals surface area contributed by atoms with Crippen molar-refractivity contribution in [1.29, 1.82) is 0 Å². The molecule has 6 nitrogen and oxygen atoms in total. The lowest BCUT2D eigenvalue weighted by molar-refractivity contribution is -0.385. The summed E-state index contributed by atoms with van der Waals surface area (Å²) < 4.78 is 0. The Balaban J connectivity index is 2.95. The second-order valence-corrected chi connectivity index (χ2v) is 4.81. The molecule has 1 atom stereocenters. The lowest BCUT2D eigenvalue weighted by Crippen LogP contribution is -2.48. The number of nitrogens with one attached hydrogen (secondary N) is 1. The molecule has 0 aliphatic carbocycles. The van der Waals surface area contributed by atoms with Crippen LogP contribution >= 0.6 is 11.6 Å². The first-order valence-corrected chi connectivity index (χ1v) is 6.09. The molecule has 0 saturated carbocycles. The van der Waals surface area contributed by atoms with Gasteiger partial charge >= 0.3 is 5.97 Å². The standard InChI is InChI=1S/C12H15ClN2O4/c1-3-12(2,11(16)17)14-7-8-4-5-9(13)6-10(8)15(18)19/h4-6,14H,3,7H2,1-2H3,(H,16,17). The molecule has 0 aliphatic heterocycles. The van der Waals surface area contributed by atoms with Crippen molar-refractivity contribution < 1.29 is 14.8 Å². The number of carboxylic acids is 1. The molecule has 0 bridgehead atoms. The number of benzene rings is 1. The zero-order valence-corrected chi connectivity index (χ0v) is 11.4. The first-order valence-electron chi connectivity index (χ1n) is 5.71. The van der Waals surface area contributed by atoms with Crippen LogP contribution in [0.25, 0.3) is 0 Å². The van der Waals surface area contributed by atoms with E-state index in [0.29, 0.717) is 12.0 Å². The molecule has 0 amide bonds. The van der Waals surface area contributed by atoms with Crippen molar-refractivity contribution in [3.8, 4) is 0 Å². The van der Waals surface area contributed by atoms with Gasteiger partial charge in [-0.05, 0) is 25.5 Å². The largest absolute Gasteiger partial charge is 0.480 e. The maximum absolute atomic E-state index is 11.1. The Morgan fingerprint density at radius 1 is 1.58 bits per heavy atom. The van der Waals surface area contributed by atoms with Gasteiger partial charge in [0, 0.05) is 23.2 Å². The number of nitrogens with zero attached hydrogens (tertiary/aromatic N) is 1. The molecule has 2 N–H and O–H groups in total. The van der Waals surface area contributed by atoms with Gasteiger partial charge in [-0.3, -0.25) is 20.2 Å². The Labute approximate surface area is 115 Å². The Hall–Kier alpha value is -1.66. The highest BCUT2D eigenvalue weighted by Gasteiger charge is 2.30. The van der Waals surface area contributed by atoms with Crippen molar-refractivity contribution in [2.45, 2.75) is 32.4 Å². The maximum Gasteiger partial charge on any atom is 0.323 e. The minimum atomic E-state index is -1.12. The molecule has 0 radical (unpaired) electrons. The van der Waals surface area contributed by atoms with Gasteiger partial charge in [-0.25, -0.2) is 0 Å². The Kier molecular flexibility index (Phi) is 4.85. The predicted molar refractivity (Wildman–Crippen MR) is 71.3 cm³/mol. The van der Waals surface area contributed by atoms with Crippen molar-refractivity contribution in [2.75, 3.05) is 0 Å². The van der Waals surface area contributed by atoms with E-state index < -0.39 is 16.4 Å². The number of hydrogen-bond donors (Lipinski definition) is 2. The molecule has 0 aliphatic rings. The van der Waals surface area contributed by atoms with Crippen molar-refractivity contribution in [3.63, 3.8) is 0 Å². The normalized spacial score (nSPS) is 13.8. The number of rotatable bonds is 6. The van der Waals surface area contributed by atoms with Crippen molar-refractivity contribution in [3.05, 3.63) is 38.9 Å². The van der Waals surface area contributed by atoms with Gasteiger partial charge in [0.25, 0.3) is 5.69 Å². The summed E-state index contributed by atoms with van der Waals surface area (Å²) in [6.45, 7) is 3.36. The van der Waals surface area contributed by atoms with E-state index in [2.05, 4.69) is 5.32 Å². The molecule has 1 rings (SSSR count). The van der Waals surface area contributed by atoms with Crippen LogP contribution in [0, 0.1) is 10.1 Å². The van der Waals surface area contributed by atoms with E-state index >= 15 is 0 Å². The van der Waals surface area contributed by atoms with Crippen LogP contribution in [-0.2, 0) is 11.3 Å². The molecular weight excluding hydrogens is 272 g/mol. The number of hydrogen-bond acceptors (Lipinski definition) is 4. The summed E-state index contributed by atoms with van der Waals surface area (Å²) in [6.07, 6.45) is 0.365. The molecule has 1 aromatic rings. The summed E-state index contributed by atoms with van der Waals surface area (Å²) in [5.74, 6) is -0.994. The maximum atomic E-state index is 11.1. The number of aliphatic carboxylic acids is 1. The third kappa shape index (κ3) is 3.65. The van der Waals surface area contributed by atoms with Gasteiger partial charge in [-0.15, -0.1) is 0 Å². The topological polar surface area (TPSA) is 92.5 Å². The molecule has 0 fully saturated rings. The molecule has 0 spiro atoms. The quantitative estimate of drug-likeness (QED) is 0.619. The van der Waals surface area contributed by atoms with Gasteiger partial charge < -0.3 is 5.11 Å². The van der Waals surface area contributed by atoms with Gasteiger partial charge in [0.05, 0.1) is 4.92 Å². The summed E-state index contributed by atoms with van der Waals surface area (Å²) in [5.41, 5.74) is -0.841. The van der Waals surface area contributed by atoms with Gasteiger partial charge in [0.2, 0.25) is 0 Å². The van der Waals surface area contributed by atoms with E-state index in [1.807, 2.05) is 0 Å². The number of halogens is 1. The SMILES string of the molecule is CCC(C)(NCc1ccc(Cl)cc1[N+](=O)[O-])C(=O)O. The molecule has 0 saturated heterocycles. The van der Waals surface area contributed by atoms with E-state index in [-0.39, 0.29) is 17.3 Å². The zero-order valence-electron chi connectivity index (χ0n) is 10.6. The monoisotopic (exact) mass is 286 g/mol. The molecular formula is C12H15ClN2O4. The first kappa shape index (κ1) is 15.4. The Morgan fingerprint density at radius 2 is 2.21 bits per heavy atom. The second kappa shape index (κ2) is 5.99. The fourth-order valence-corrected chi connectivity index (χ4v) is 1.66. The number of nitro benzene ring substituents is 1. The van der Waals surface area contributed by atoms with Crippen LogP contribution in [0.4, 0.5) is 5.69 Å². The Bertz CT molecular complexity index is 507. The average molecular weight is 287 g/mol. The zero-order chi connectivity index (χ0) is 14.6. The molecule has 1 aromatic carbocycles. The highest BCUT2D eigenvalue weighted by atomic mass is 35.5. The third-order valence-electron chi connectivity index (χ3n) is 3.09. The van der Waals surface area contributed by atoms with E-state index in [1.54, 1.807) is 6.92 Å². The Morgan fingerprint density at radius 3 is 2.68 bits per heavy atom. The van der Waals surface area contributed by atoms with Crippen LogP contribution < -0.4 is 5.32 Å². The van der Waals surface area contributed by atoms with Crippen LogP contribution in [0.3, 0.4) is 0 Å². The van der Waals surface area contributed by atoms with Crippen LogP contribution in [0.15, 0.2) is 18.2 Å². The minimum absolute atomic E-state index is 0.0874. The van der Waals surface area contributed by atoms with E-state index in [4.69, 9.17) is 16.7 Å². The molecule has 104 valence electrons. The van der Waals surface area contributed by atoms with Crippen molar-refractivity contribution in [1.82, 2.24) is 5.32 Å². The van der Waals surface area contributed by atoms with Crippen LogP contribution in [0.5, 0.6) is 0 Å². The second-order valence-electron chi connectivity index (χ2n) is 4.37. The van der Waals surface area contributed by atoms with Crippen LogP contribution in [0.1, 0.15) is 25.8 Å². The van der Waals surface area contributed by atoms with E-state index in [0.717, 1.165) is 0 Å². The molecule has 19 heavy (non-hydrogen) atoms. The minimum Gasteiger partial charge on any atom is -0.480 e. The van der Waals surface area contributed by atoms with Gasteiger partial charge in [-0.1, -0.05) is 18.5 Å². The third-order valence-corrected chi connectivity index (χ3v) is 3.33. The summed E-state index contributed by atoms with van der Waals surface area (Å²) in [6, 6.07) is 4.31.